The summed E-state index contributed by atoms with van der Waals surface area (Å²) in [6, 6.07) is 3.98. The Morgan fingerprint density at radius 3 is 2.18 bits per heavy atom. The molecule has 0 spiro atoms. The van der Waals surface area contributed by atoms with E-state index in [1.807, 2.05) is 27.7 Å². The van der Waals surface area contributed by atoms with Gasteiger partial charge in [-0.3, -0.25) is 0 Å². The van der Waals surface area contributed by atoms with Crippen LogP contribution in [0.4, 0.5) is 8.78 Å². The molecule has 120 valence electrons. The van der Waals surface area contributed by atoms with Gasteiger partial charge in [-0.25, -0.2) is 13.6 Å². The molecule has 1 heterocycles. The van der Waals surface area contributed by atoms with Crippen LogP contribution in [0, 0.1) is 0 Å². The van der Waals surface area contributed by atoms with E-state index in [-0.39, 0.29) is 16.6 Å². The van der Waals surface area contributed by atoms with E-state index in [4.69, 9.17) is 9.31 Å². The fourth-order valence-corrected chi connectivity index (χ4v) is 2.19. The van der Waals surface area contributed by atoms with E-state index in [2.05, 4.69) is 4.74 Å². The van der Waals surface area contributed by atoms with Gasteiger partial charge in [0.25, 0.3) is 6.43 Å². The van der Waals surface area contributed by atoms with Gasteiger partial charge in [0.15, 0.2) is 0 Å². The number of hydrogen-bond acceptors (Lipinski definition) is 4. The second-order valence-electron chi connectivity index (χ2n) is 6.22. The summed E-state index contributed by atoms with van der Waals surface area (Å²) in [4.78, 5) is 11.5. The van der Waals surface area contributed by atoms with Crippen LogP contribution in [0.5, 0.6) is 0 Å². The van der Waals surface area contributed by atoms with Crippen LogP contribution in [0.15, 0.2) is 18.2 Å². The van der Waals surface area contributed by atoms with E-state index in [0.717, 1.165) is 6.07 Å². The molecule has 0 radical (unpaired) electrons. The number of carbonyl (C=O) groups is 1. The maximum atomic E-state index is 13.4. The highest BCUT2D eigenvalue weighted by Gasteiger charge is 2.52. The first-order valence-electron chi connectivity index (χ1n) is 6.95. The molecule has 0 bridgehead atoms. The highest BCUT2D eigenvalue weighted by molar-refractivity contribution is 6.62. The number of methoxy groups -OCH3 is 1. The summed E-state index contributed by atoms with van der Waals surface area (Å²) in [5.74, 6) is -0.664. The van der Waals surface area contributed by atoms with Crippen molar-refractivity contribution in [3.63, 3.8) is 0 Å². The lowest BCUT2D eigenvalue weighted by Gasteiger charge is -2.32. The smallest absolute Gasteiger partial charge is 0.465 e. The number of benzene rings is 1. The number of carbonyl (C=O) groups excluding carboxylic acids is 1. The summed E-state index contributed by atoms with van der Waals surface area (Å²) in [5.41, 5.74) is -1.25. The van der Waals surface area contributed by atoms with Crippen LogP contribution in [0.1, 0.15) is 50.0 Å². The molecule has 1 aromatic carbocycles. The molecule has 1 aromatic rings. The molecule has 2 rings (SSSR count). The molecule has 0 aromatic heterocycles. The molecule has 0 unspecified atom stereocenters. The molecule has 1 aliphatic heterocycles. The van der Waals surface area contributed by atoms with Crippen LogP contribution in [-0.2, 0) is 14.0 Å². The molecule has 7 heteroatoms. The van der Waals surface area contributed by atoms with Gasteiger partial charge < -0.3 is 14.0 Å². The molecule has 1 saturated heterocycles. The maximum absolute atomic E-state index is 13.4. The minimum Gasteiger partial charge on any atom is -0.465 e. The molecule has 4 nitrogen and oxygen atoms in total. The van der Waals surface area contributed by atoms with E-state index in [1.54, 1.807) is 0 Å². The Hall–Kier alpha value is -1.47. The number of halogens is 2. The number of alkyl halides is 2. The van der Waals surface area contributed by atoms with Crippen molar-refractivity contribution >= 4 is 18.6 Å². The van der Waals surface area contributed by atoms with E-state index in [9.17, 15) is 13.6 Å². The molecule has 1 fully saturated rings. The number of esters is 1. The van der Waals surface area contributed by atoms with Gasteiger partial charge in [-0.05, 0) is 45.3 Å². The molecular weight excluding hydrogens is 293 g/mol. The Bertz CT molecular complexity index is 571. The second kappa shape index (κ2) is 5.63. The third-order valence-electron chi connectivity index (χ3n) is 4.25. The summed E-state index contributed by atoms with van der Waals surface area (Å²) in [5, 5.41) is 0. The zero-order valence-corrected chi connectivity index (χ0v) is 13.3. The molecule has 22 heavy (non-hydrogen) atoms. The van der Waals surface area contributed by atoms with E-state index >= 15 is 0 Å². The van der Waals surface area contributed by atoms with Gasteiger partial charge >= 0.3 is 13.1 Å². The molecule has 0 amide bonds. The summed E-state index contributed by atoms with van der Waals surface area (Å²) in [6.45, 7) is 7.38. The first-order chi connectivity index (χ1) is 10.1. The van der Waals surface area contributed by atoms with Crippen LogP contribution in [0.25, 0.3) is 0 Å². The average Bonchev–Trinajstić information content (AvgIpc) is 2.65. The van der Waals surface area contributed by atoms with Crippen LogP contribution >= 0.6 is 0 Å². The maximum Gasteiger partial charge on any atom is 0.495 e. The molecule has 0 atom stereocenters. The van der Waals surface area contributed by atoms with E-state index in [1.165, 1.54) is 19.2 Å². The first kappa shape index (κ1) is 16.9. The van der Waals surface area contributed by atoms with Crippen LogP contribution in [0.3, 0.4) is 0 Å². The molecule has 0 aliphatic carbocycles. The minimum absolute atomic E-state index is 0.0677. The van der Waals surface area contributed by atoms with Crippen molar-refractivity contribution in [1.82, 2.24) is 0 Å². The van der Waals surface area contributed by atoms with E-state index < -0.39 is 30.7 Å². The standard InChI is InChI=1S/C15H19BF2O4/c1-14(2)15(3,4)22-16(21-14)11-7-6-9(13(19)20-5)8-10(11)12(17)18/h6-8,12H,1-5H3. The van der Waals surface area contributed by atoms with Gasteiger partial charge in [0.1, 0.15) is 0 Å². The summed E-state index contributed by atoms with van der Waals surface area (Å²) in [6.07, 6.45) is -2.75. The van der Waals surface area contributed by atoms with E-state index in [0.29, 0.717) is 0 Å². The van der Waals surface area contributed by atoms with Crippen molar-refractivity contribution in [2.75, 3.05) is 7.11 Å². The summed E-state index contributed by atoms with van der Waals surface area (Å²) < 4.78 is 42.8. The fourth-order valence-electron chi connectivity index (χ4n) is 2.19. The predicted octanol–water partition coefficient (Wildman–Crippen LogP) is 2.71. The van der Waals surface area contributed by atoms with Gasteiger partial charge in [-0.1, -0.05) is 6.07 Å². The molecule has 1 aliphatic rings. The summed E-state index contributed by atoms with van der Waals surface area (Å²) >= 11 is 0. The van der Waals surface area contributed by atoms with Gasteiger partial charge in [0, 0.05) is 5.56 Å². The normalized spacial score (nSPS) is 19.5. The number of hydrogen-bond donors (Lipinski definition) is 0. The third kappa shape index (κ3) is 2.87. The van der Waals surface area contributed by atoms with Crippen molar-refractivity contribution in [1.29, 1.82) is 0 Å². The Kier molecular flexibility index (Phi) is 4.32. The fraction of sp³-hybridized carbons (Fsp3) is 0.533. The lowest BCUT2D eigenvalue weighted by atomic mass is 9.75. The predicted molar refractivity (Wildman–Crippen MR) is 78.5 cm³/mol. The molecule has 0 N–H and O–H groups in total. The quantitative estimate of drug-likeness (QED) is 0.636. The Morgan fingerprint density at radius 2 is 1.73 bits per heavy atom. The first-order valence-corrected chi connectivity index (χ1v) is 6.95. The topological polar surface area (TPSA) is 44.8 Å². The van der Waals surface area contributed by atoms with Crippen molar-refractivity contribution in [3.8, 4) is 0 Å². The largest absolute Gasteiger partial charge is 0.495 e. The van der Waals surface area contributed by atoms with Crippen molar-refractivity contribution in [2.45, 2.75) is 45.3 Å². The Balaban J connectivity index is 2.42. The minimum atomic E-state index is -2.75. The van der Waals surface area contributed by atoms with Crippen molar-refractivity contribution < 1.29 is 27.6 Å². The van der Waals surface area contributed by atoms with Gasteiger partial charge in [0.05, 0.1) is 23.9 Å². The SMILES string of the molecule is COC(=O)c1ccc(B2OC(C)(C)C(C)(C)O2)c(C(F)F)c1. The van der Waals surface area contributed by atoms with Gasteiger partial charge in [-0.15, -0.1) is 0 Å². The Labute approximate surface area is 128 Å². The van der Waals surface area contributed by atoms with Crippen molar-refractivity contribution in [2.24, 2.45) is 0 Å². The second-order valence-corrected chi connectivity index (χ2v) is 6.22. The molecular formula is C15H19BF2O4. The molecule has 0 saturated carbocycles. The monoisotopic (exact) mass is 312 g/mol. The zero-order valence-electron chi connectivity index (χ0n) is 13.3. The highest BCUT2D eigenvalue weighted by atomic mass is 19.3. The highest BCUT2D eigenvalue weighted by Crippen LogP contribution is 2.37. The van der Waals surface area contributed by atoms with Crippen LogP contribution in [-0.4, -0.2) is 31.4 Å². The Morgan fingerprint density at radius 1 is 1.18 bits per heavy atom. The zero-order chi connectivity index (χ0) is 16.7. The van der Waals surface area contributed by atoms with Gasteiger partial charge in [-0.2, -0.15) is 0 Å². The van der Waals surface area contributed by atoms with Gasteiger partial charge in [0.2, 0.25) is 0 Å². The summed E-state index contributed by atoms with van der Waals surface area (Å²) in [7, 11) is 0.299. The lowest BCUT2D eigenvalue weighted by Crippen LogP contribution is -2.41. The number of ether oxygens (including phenoxy) is 1. The van der Waals surface area contributed by atoms with Crippen LogP contribution < -0.4 is 5.46 Å². The lowest BCUT2D eigenvalue weighted by molar-refractivity contribution is 0.00578. The van der Waals surface area contributed by atoms with Crippen molar-refractivity contribution in [3.05, 3.63) is 29.3 Å². The third-order valence-corrected chi connectivity index (χ3v) is 4.25. The number of rotatable bonds is 3. The average molecular weight is 312 g/mol. The van der Waals surface area contributed by atoms with Crippen LogP contribution in [0.2, 0.25) is 0 Å².